The van der Waals surface area contributed by atoms with Gasteiger partial charge in [0, 0.05) is 26.3 Å². The maximum absolute atomic E-state index is 10.2. The molecule has 2 rings (SSSR count). The average Bonchev–Trinajstić information content (AvgIpc) is 3.02. The first-order valence-corrected chi connectivity index (χ1v) is 7.70. The van der Waals surface area contributed by atoms with Gasteiger partial charge in [0.25, 0.3) is 0 Å². The number of hydrogen-bond donors (Lipinski definition) is 1. The van der Waals surface area contributed by atoms with E-state index in [4.69, 9.17) is 9.47 Å². The van der Waals surface area contributed by atoms with Crippen LogP contribution in [0.5, 0.6) is 5.75 Å². The summed E-state index contributed by atoms with van der Waals surface area (Å²) in [5, 5.41) is 10.2. The molecule has 1 aliphatic rings. The van der Waals surface area contributed by atoms with E-state index in [1.165, 1.54) is 5.56 Å². The number of aliphatic hydroxyl groups excluding tert-OH is 1. The first-order valence-electron chi connectivity index (χ1n) is 7.70. The summed E-state index contributed by atoms with van der Waals surface area (Å²) >= 11 is 0. The van der Waals surface area contributed by atoms with Gasteiger partial charge in [0.1, 0.15) is 5.75 Å². The summed E-state index contributed by atoms with van der Waals surface area (Å²) in [5.41, 5.74) is 1.29. The van der Waals surface area contributed by atoms with Crippen molar-refractivity contribution in [2.24, 2.45) is 5.92 Å². The molecule has 3 atom stereocenters. The lowest BCUT2D eigenvalue weighted by molar-refractivity contribution is 0.0669. The van der Waals surface area contributed by atoms with Gasteiger partial charge in [-0.1, -0.05) is 12.1 Å². The molecule has 21 heavy (non-hydrogen) atoms. The van der Waals surface area contributed by atoms with E-state index in [0.29, 0.717) is 18.6 Å². The van der Waals surface area contributed by atoms with Crippen LogP contribution in [0.25, 0.3) is 0 Å². The number of benzene rings is 1. The molecule has 0 aromatic heterocycles. The molecule has 0 aliphatic carbocycles. The fraction of sp³-hybridized carbons (Fsp3) is 0.647. The molecule has 4 heteroatoms. The third kappa shape index (κ3) is 4.19. The smallest absolute Gasteiger partial charge is 0.118 e. The van der Waals surface area contributed by atoms with Crippen LogP contribution in [0.3, 0.4) is 0 Å². The van der Waals surface area contributed by atoms with Crippen molar-refractivity contribution in [2.45, 2.75) is 31.9 Å². The van der Waals surface area contributed by atoms with Crippen molar-refractivity contribution in [3.05, 3.63) is 29.8 Å². The quantitative estimate of drug-likeness (QED) is 0.838. The summed E-state index contributed by atoms with van der Waals surface area (Å²) < 4.78 is 10.3. The van der Waals surface area contributed by atoms with E-state index in [1.54, 1.807) is 14.2 Å². The van der Waals surface area contributed by atoms with Crippen LogP contribution in [-0.2, 0) is 4.74 Å². The molecule has 0 amide bonds. The van der Waals surface area contributed by atoms with Crippen LogP contribution in [-0.4, -0.2) is 50.0 Å². The highest BCUT2D eigenvalue weighted by molar-refractivity contribution is 5.29. The molecule has 0 saturated carbocycles. The van der Waals surface area contributed by atoms with Gasteiger partial charge in [-0.05, 0) is 49.9 Å². The molecule has 0 bridgehead atoms. The second kappa shape index (κ2) is 7.78. The third-order valence-corrected chi connectivity index (χ3v) is 4.56. The fourth-order valence-corrected chi connectivity index (χ4v) is 3.05. The largest absolute Gasteiger partial charge is 0.497 e. The van der Waals surface area contributed by atoms with Crippen molar-refractivity contribution in [1.82, 2.24) is 4.90 Å². The summed E-state index contributed by atoms with van der Waals surface area (Å²) in [6, 6.07) is 8.63. The van der Waals surface area contributed by atoms with Crippen molar-refractivity contribution < 1.29 is 14.6 Å². The molecule has 0 unspecified atom stereocenters. The summed E-state index contributed by atoms with van der Waals surface area (Å²) in [7, 11) is 3.37. The normalized spacial score (nSPS) is 22.2. The van der Waals surface area contributed by atoms with Crippen molar-refractivity contribution in [2.75, 3.05) is 33.9 Å². The Hall–Kier alpha value is -1.10. The number of likely N-dealkylation sites (tertiary alicyclic amines) is 1. The highest BCUT2D eigenvalue weighted by atomic mass is 16.5. The van der Waals surface area contributed by atoms with Gasteiger partial charge in [-0.2, -0.15) is 0 Å². The maximum Gasteiger partial charge on any atom is 0.118 e. The molecule has 1 aliphatic heterocycles. The second-order valence-corrected chi connectivity index (χ2v) is 5.84. The maximum atomic E-state index is 10.2. The number of nitrogens with zero attached hydrogens (tertiary/aromatic N) is 1. The summed E-state index contributed by atoms with van der Waals surface area (Å²) in [4.78, 5) is 2.45. The van der Waals surface area contributed by atoms with Crippen LogP contribution in [0.2, 0.25) is 0 Å². The monoisotopic (exact) mass is 293 g/mol. The van der Waals surface area contributed by atoms with Gasteiger partial charge >= 0.3 is 0 Å². The van der Waals surface area contributed by atoms with Crippen LogP contribution in [0.15, 0.2) is 24.3 Å². The topological polar surface area (TPSA) is 41.9 Å². The number of methoxy groups -OCH3 is 2. The standard InChI is InChI=1S/C17H27NO3/c1-13(14-4-6-16(21-3)7-5-14)18-10-8-15(12-18)17(19)9-11-20-2/h4-7,13,15,17,19H,8-12H2,1-3H3/t13-,15-,17-/m1/s1. The molecule has 0 radical (unpaired) electrons. The zero-order chi connectivity index (χ0) is 15.2. The zero-order valence-electron chi connectivity index (χ0n) is 13.3. The minimum absolute atomic E-state index is 0.252. The lowest BCUT2D eigenvalue weighted by Gasteiger charge is -2.26. The average molecular weight is 293 g/mol. The van der Waals surface area contributed by atoms with Crippen LogP contribution in [0.1, 0.15) is 31.4 Å². The van der Waals surface area contributed by atoms with E-state index >= 15 is 0 Å². The number of rotatable bonds is 7. The van der Waals surface area contributed by atoms with E-state index in [0.717, 1.165) is 31.7 Å². The first-order chi connectivity index (χ1) is 10.2. The third-order valence-electron chi connectivity index (χ3n) is 4.56. The Kier molecular flexibility index (Phi) is 6.03. The number of aliphatic hydroxyl groups is 1. The van der Waals surface area contributed by atoms with Crippen molar-refractivity contribution in [3.8, 4) is 5.75 Å². The van der Waals surface area contributed by atoms with Gasteiger partial charge < -0.3 is 14.6 Å². The van der Waals surface area contributed by atoms with Crippen LogP contribution < -0.4 is 4.74 Å². The Labute approximate surface area is 127 Å². The van der Waals surface area contributed by atoms with E-state index in [9.17, 15) is 5.11 Å². The molecule has 1 saturated heterocycles. The second-order valence-electron chi connectivity index (χ2n) is 5.84. The van der Waals surface area contributed by atoms with E-state index in [1.807, 2.05) is 12.1 Å². The molecule has 1 aromatic rings. The predicted molar refractivity (Wildman–Crippen MR) is 83.6 cm³/mol. The van der Waals surface area contributed by atoms with E-state index in [2.05, 4.69) is 24.0 Å². The van der Waals surface area contributed by atoms with Gasteiger partial charge in [-0.3, -0.25) is 4.90 Å². The Morgan fingerprint density at radius 2 is 2.00 bits per heavy atom. The molecule has 1 N–H and O–H groups in total. The SMILES string of the molecule is COCC[C@@H](O)[C@@H]1CCN([C@H](C)c2ccc(OC)cc2)C1. The number of hydrogen-bond acceptors (Lipinski definition) is 4. The van der Waals surface area contributed by atoms with Crippen molar-refractivity contribution >= 4 is 0 Å². The van der Waals surface area contributed by atoms with Crippen LogP contribution in [0.4, 0.5) is 0 Å². The zero-order valence-corrected chi connectivity index (χ0v) is 13.3. The fourth-order valence-electron chi connectivity index (χ4n) is 3.05. The van der Waals surface area contributed by atoms with E-state index < -0.39 is 0 Å². The molecule has 4 nitrogen and oxygen atoms in total. The Morgan fingerprint density at radius 1 is 1.29 bits per heavy atom. The summed E-state index contributed by atoms with van der Waals surface area (Å²) in [6.07, 6.45) is 1.54. The molecule has 1 aromatic carbocycles. The van der Waals surface area contributed by atoms with Gasteiger partial charge in [-0.25, -0.2) is 0 Å². The summed E-state index contributed by atoms with van der Waals surface area (Å²) in [5.74, 6) is 1.25. The first kappa shape index (κ1) is 16.3. The number of ether oxygens (including phenoxy) is 2. The Bertz CT molecular complexity index is 421. The van der Waals surface area contributed by atoms with Crippen LogP contribution >= 0.6 is 0 Å². The van der Waals surface area contributed by atoms with Gasteiger partial charge in [0.15, 0.2) is 0 Å². The Morgan fingerprint density at radius 3 is 2.62 bits per heavy atom. The predicted octanol–water partition coefficient (Wildman–Crippen LogP) is 2.48. The summed E-state index contributed by atoms with van der Waals surface area (Å²) in [6.45, 7) is 4.86. The molecule has 1 heterocycles. The van der Waals surface area contributed by atoms with E-state index in [-0.39, 0.29) is 6.10 Å². The minimum atomic E-state index is -0.252. The molecule has 118 valence electrons. The Balaban J connectivity index is 1.90. The minimum Gasteiger partial charge on any atom is -0.497 e. The molecule has 1 fully saturated rings. The van der Waals surface area contributed by atoms with Crippen molar-refractivity contribution in [3.63, 3.8) is 0 Å². The van der Waals surface area contributed by atoms with Gasteiger partial charge in [0.05, 0.1) is 13.2 Å². The lowest BCUT2D eigenvalue weighted by Crippen LogP contribution is -2.28. The van der Waals surface area contributed by atoms with Gasteiger partial charge in [-0.15, -0.1) is 0 Å². The van der Waals surface area contributed by atoms with Crippen LogP contribution in [0, 0.1) is 5.92 Å². The highest BCUT2D eigenvalue weighted by Gasteiger charge is 2.30. The van der Waals surface area contributed by atoms with Gasteiger partial charge in [0.2, 0.25) is 0 Å². The lowest BCUT2D eigenvalue weighted by atomic mass is 9.99. The molecule has 0 spiro atoms. The van der Waals surface area contributed by atoms with Crippen molar-refractivity contribution in [1.29, 1.82) is 0 Å². The highest BCUT2D eigenvalue weighted by Crippen LogP contribution is 2.30. The molecular weight excluding hydrogens is 266 g/mol. The molecular formula is C17H27NO3.